The maximum absolute atomic E-state index is 17.0. The topological polar surface area (TPSA) is 80.7 Å². The first-order valence-electron chi connectivity index (χ1n) is 11.1. The molecular weight excluding hydrogens is 406 g/mol. The van der Waals surface area contributed by atoms with Gasteiger partial charge in [0.25, 0.3) is 0 Å². The van der Waals surface area contributed by atoms with Gasteiger partial charge in [0.1, 0.15) is 6.17 Å². The van der Waals surface area contributed by atoms with Crippen LogP contribution in [-0.2, 0) is 19.1 Å². The van der Waals surface area contributed by atoms with Crippen LogP contribution < -0.4 is 0 Å². The number of ether oxygens (including phenoxy) is 1. The number of esters is 1. The van der Waals surface area contributed by atoms with Crippen LogP contribution in [0.4, 0.5) is 8.78 Å². The maximum atomic E-state index is 17.0. The van der Waals surface area contributed by atoms with Crippen LogP contribution in [0.25, 0.3) is 0 Å². The van der Waals surface area contributed by atoms with Crippen molar-refractivity contribution in [3.63, 3.8) is 0 Å². The molecule has 0 heterocycles. The van der Waals surface area contributed by atoms with Gasteiger partial charge in [0.15, 0.2) is 23.3 Å². The van der Waals surface area contributed by atoms with E-state index in [9.17, 15) is 19.5 Å². The molecule has 3 fully saturated rings. The zero-order valence-corrected chi connectivity index (χ0v) is 18.4. The number of hydrogen-bond donors (Lipinski definition) is 1. The van der Waals surface area contributed by atoms with Gasteiger partial charge in [-0.2, -0.15) is 0 Å². The van der Waals surface area contributed by atoms with Gasteiger partial charge in [-0.3, -0.25) is 14.4 Å². The lowest BCUT2D eigenvalue weighted by Gasteiger charge is -2.63. The molecule has 0 spiro atoms. The van der Waals surface area contributed by atoms with Crippen LogP contribution in [0.5, 0.6) is 0 Å². The number of aliphatic hydroxyl groups is 1. The van der Waals surface area contributed by atoms with Crippen LogP contribution in [0.3, 0.4) is 0 Å². The van der Waals surface area contributed by atoms with Gasteiger partial charge >= 0.3 is 5.97 Å². The van der Waals surface area contributed by atoms with E-state index in [1.54, 1.807) is 20.8 Å². The molecule has 170 valence electrons. The van der Waals surface area contributed by atoms with E-state index in [1.165, 1.54) is 19.1 Å². The largest absolute Gasteiger partial charge is 0.450 e. The quantitative estimate of drug-likeness (QED) is 0.542. The van der Waals surface area contributed by atoms with E-state index in [2.05, 4.69) is 0 Å². The van der Waals surface area contributed by atoms with Crippen molar-refractivity contribution in [2.75, 3.05) is 0 Å². The number of allylic oxidation sites excluding steroid dienone is 4. The van der Waals surface area contributed by atoms with Crippen molar-refractivity contribution in [3.05, 3.63) is 23.8 Å². The van der Waals surface area contributed by atoms with Gasteiger partial charge < -0.3 is 9.84 Å². The van der Waals surface area contributed by atoms with E-state index < -0.39 is 63.9 Å². The third-order valence-electron chi connectivity index (χ3n) is 9.00. The lowest BCUT2D eigenvalue weighted by atomic mass is 9.44. The monoisotopic (exact) mass is 436 g/mol. The van der Waals surface area contributed by atoms with Gasteiger partial charge in [-0.1, -0.05) is 26.8 Å². The Morgan fingerprint density at radius 1 is 1.32 bits per heavy atom. The standard InChI is InChI=1S/C24H30F2O5/c1-5-20(30)31-23(12-27)13(2)8-15-16-10-18(25)17-9-14(28)6-7-21(17,3)24(16,26)19(29)11-22(15,23)4/h6-7,9,12-13,15-16,18-19,29H,5,8,10-11H2,1-4H3/t13-,15+,16+,18+,19+,21+,22+,23-,24+/m1/s1. The summed E-state index contributed by atoms with van der Waals surface area (Å²) in [7, 11) is 0. The fourth-order valence-corrected chi connectivity index (χ4v) is 7.31. The Morgan fingerprint density at radius 2 is 2.00 bits per heavy atom. The highest BCUT2D eigenvalue weighted by Gasteiger charge is 2.76. The van der Waals surface area contributed by atoms with E-state index >= 15 is 8.78 Å². The molecule has 3 saturated carbocycles. The Balaban J connectivity index is 1.85. The Morgan fingerprint density at radius 3 is 2.61 bits per heavy atom. The molecule has 4 aliphatic carbocycles. The summed E-state index contributed by atoms with van der Waals surface area (Å²) in [6.07, 6.45) is 1.49. The van der Waals surface area contributed by atoms with Crippen molar-refractivity contribution < 1.29 is 33.0 Å². The maximum Gasteiger partial charge on any atom is 0.306 e. The van der Waals surface area contributed by atoms with Gasteiger partial charge in [0.2, 0.25) is 0 Å². The summed E-state index contributed by atoms with van der Waals surface area (Å²) in [4.78, 5) is 36.5. The number of aliphatic hydroxyl groups excluding tert-OH is 1. The number of aldehydes is 1. The number of halogens is 2. The molecule has 0 aromatic carbocycles. The molecule has 31 heavy (non-hydrogen) atoms. The Bertz CT molecular complexity index is 898. The molecule has 0 aromatic rings. The molecule has 0 amide bonds. The third-order valence-corrected chi connectivity index (χ3v) is 9.00. The van der Waals surface area contributed by atoms with Gasteiger partial charge in [-0.25, -0.2) is 8.78 Å². The number of ketones is 1. The van der Waals surface area contributed by atoms with Crippen molar-refractivity contribution in [2.45, 2.75) is 76.9 Å². The number of fused-ring (bicyclic) bond motifs is 5. The smallest absolute Gasteiger partial charge is 0.306 e. The average Bonchev–Trinajstić information content (AvgIpc) is 2.93. The summed E-state index contributed by atoms with van der Waals surface area (Å²) in [6.45, 7) is 6.70. The summed E-state index contributed by atoms with van der Waals surface area (Å²) < 4.78 is 38.1. The lowest BCUT2D eigenvalue weighted by molar-refractivity contribution is -0.227. The van der Waals surface area contributed by atoms with E-state index in [0.717, 1.165) is 6.08 Å². The Kier molecular flexibility index (Phi) is 4.90. The minimum absolute atomic E-state index is 0.0616. The average molecular weight is 436 g/mol. The molecule has 0 unspecified atom stereocenters. The predicted molar refractivity (Wildman–Crippen MR) is 108 cm³/mol. The first-order valence-corrected chi connectivity index (χ1v) is 11.1. The third kappa shape index (κ3) is 2.53. The predicted octanol–water partition coefficient (Wildman–Crippen LogP) is 3.44. The minimum atomic E-state index is -2.21. The highest BCUT2D eigenvalue weighted by Crippen LogP contribution is 2.71. The molecule has 5 nitrogen and oxygen atoms in total. The molecule has 4 aliphatic rings. The lowest BCUT2D eigenvalue weighted by Crippen LogP contribution is -2.70. The van der Waals surface area contributed by atoms with Crippen LogP contribution in [0.1, 0.15) is 53.4 Å². The van der Waals surface area contributed by atoms with Gasteiger partial charge in [0, 0.05) is 29.1 Å². The van der Waals surface area contributed by atoms with E-state index in [-0.39, 0.29) is 24.8 Å². The summed E-state index contributed by atoms with van der Waals surface area (Å²) in [5.74, 6) is -2.72. The Labute approximate surface area is 180 Å². The van der Waals surface area contributed by atoms with Gasteiger partial charge in [0.05, 0.1) is 6.10 Å². The van der Waals surface area contributed by atoms with E-state index in [4.69, 9.17) is 4.74 Å². The van der Waals surface area contributed by atoms with Crippen molar-refractivity contribution >= 4 is 18.0 Å². The van der Waals surface area contributed by atoms with Gasteiger partial charge in [-0.15, -0.1) is 0 Å². The number of carbonyl (C=O) groups is 3. The normalized spacial score (nSPS) is 50.7. The van der Waals surface area contributed by atoms with Crippen LogP contribution in [0.15, 0.2) is 23.8 Å². The minimum Gasteiger partial charge on any atom is -0.450 e. The molecular formula is C24H30F2O5. The molecule has 7 heteroatoms. The molecule has 0 aromatic heterocycles. The number of carbonyl (C=O) groups excluding carboxylic acids is 3. The number of hydrogen-bond acceptors (Lipinski definition) is 5. The number of alkyl halides is 2. The van der Waals surface area contributed by atoms with Crippen LogP contribution in [0, 0.1) is 28.6 Å². The summed E-state index contributed by atoms with van der Waals surface area (Å²) in [5.41, 5.74) is -6.17. The van der Waals surface area contributed by atoms with Crippen LogP contribution in [0.2, 0.25) is 0 Å². The van der Waals surface area contributed by atoms with Crippen molar-refractivity contribution in [2.24, 2.45) is 28.6 Å². The Hall–Kier alpha value is -1.89. The second kappa shape index (κ2) is 6.80. The highest BCUT2D eigenvalue weighted by atomic mass is 19.1. The van der Waals surface area contributed by atoms with Crippen molar-refractivity contribution in [3.8, 4) is 0 Å². The second-order valence-electron chi connectivity index (χ2n) is 10.2. The molecule has 4 rings (SSSR count). The van der Waals surface area contributed by atoms with E-state index in [1.807, 2.05) is 0 Å². The molecule has 0 radical (unpaired) electrons. The molecule has 0 aliphatic heterocycles. The number of rotatable bonds is 3. The molecule has 0 saturated heterocycles. The van der Waals surface area contributed by atoms with Crippen molar-refractivity contribution in [1.82, 2.24) is 0 Å². The van der Waals surface area contributed by atoms with E-state index in [0.29, 0.717) is 12.7 Å². The zero-order chi connectivity index (χ0) is 23.0. The molecule has 0 bridgehead atoms. The first kappa shape index (κ1) is 22.3. The second-order valence-corrected chi connectivity index (χ2v) is 10.2. The molecule has 9 atom stereocenters. The fraction of sp³-hybridized carbons (Fsp3) is 0.708. The molecule has 1 N–H and O–H groups in total. The summed E-state index contributed by atoms with van der Waals surface area (Å²) in [5, 5.41) is 11.2. The van der Waals surface area contributed by atoms with Crippen molar-refractivity contribution in [1.29, 1.82) is 0 Å². The van der Waals surface area contributed by atoms with Crippen LogP contribution >= 0.6 is 0 Å². The zero-order valence-electron chi connectivity index (χ0n) is 18.4. The summed E-state index contributed by atoms with van der Waals surface area (Å²) in [6, 6.07) is 0. The fourth-order valence-electron chi connectivity index (χ4n) is 7.31. The first-order chi connectivity index (χ1) is 14.4. The summed E-state index contributed by atoms with van der Waals surface area (Å²) >= 11 is 0. The highest BCUT2D eigenvalue weighted by molar-refractivity contribution is 6.01. The van der Waals surface area contributed by atoms with Crippen LogP contribution in [-0.4, -0.2) is 46.7 Å². The van der Waals surface area contributed by atoms with Gasteiger partial charge in [-0.05, 0) is 49.8 Å². The SMILES string of the molecule is CCC(=O)O[C@]1(C=O)[C@H](C)C[C@H]2[C@@H]3C[C@H](F)C4=CC(=O)C=C[C@]4(C)[C@@]3(F)[C@@H](O)C[C@@]21C.